The van der Waals surface area contributed by atoms with Crippen LogP contribution in [-0.4, -0.2) is 19.5 Å². The first-order valence-corrected chi connectivity index (χ1v) is 8.33. The van der Waals surface area contributed by atoms with Crippen LogP contribution in [0.3, 0.4) is 0 Å². The molecule has 0 unspecified atom stereocenters. The van der Waals surface area contributed by atoms with Crippen LogP contribution >= 0.6 is 0 Å². The predicted octanol–water partition coefficient (Wildman–Crippen LogP) is 3.64. The van der Waals surface area contributed by atoms with Crippen LogP contribution in [0.15, 0.2) is 29.1 Å². The molecule has 23 heavy (non-hydrogen) atoms. The summed E-state index contributed by atoms with van der Waals surface area (Å²) >= 11 is 0. The fourth-order valence-electron chi connectivity index (χ4n) is 3.51. The number of rotatable bonds is 4. The lowest BCUT2D eigenvalue weighted by Crippen LogP contribution is -2.10. The fraction of sp³-hybridized carbons (Fsp3) is 0.471. The van der Waals surface area contributed by atoms with Crippen molar-refractivity contribution in [2.75, 3.05) is 5.73 Å². The SMILES string of the molecule is Nc1nc(-c2ccco2)c2ncn(CCC3CCCCC3)c2n1. The fourth-order valence-corrected chi connectivity index (χ4v) is 3.51. The van der Waals surface area contributed by atoms with Crippen molar-refractivity contribution >= 4 is 17.1 Å². The summed E-state index contributed by atoms with van der Waals surface area (Å²) in [6.45, 7) is 0.926. The van der Waals surface area contributed by atoms with Crippen LogP contribution < -0.4 is 5.73 Å². The Bertz CT molecular complexity index is 787. The monoisotopic (exact) mass is 311 g/mol. The van der Waals surface area contributed by atoms with Crippen LogP contribution in [0.4, 0.5) is 5.95 Å². The second-order valence-corrected chi connectivity index (χ2v) is 6.31. The minimum absolute atomic E-state index is 0.253. The number of aromatic nitrogens is 4. The molecule has 0 saturated heterocycles. The molecule has 0 bridgehead atoms. The van der Waals surface area contributed by atoms with Crippen molar-refractivity contribution in [3.8, 4) is 11.5 Å². The molecule has 1 aliphatic rings. The Morgan fingerprint density at radius 3 is 2.87 bits per heavy atom. The van der Waals surface area contributed by atoms with Crippen molar-refractivity contribution in [2.45, 2.75) is 45.1 Å². The van der Waals surface area contributed by atoms with Gasteiger partial charge in [0.2, 0.25) is 5.95 Å². The van der Waals surface area contributed by atoms with Gasteiger partial charge in [0, 0.05) is 6.54 Å². The molecule has 0 spiro atoms. The molecule has 3 heterocycles. The maximum absolute atomic E-state index is 5.89. The third-order valence-electron chi connectivity index (χ3n) is 4.74. The lowest BCUT2D eigenvalue weighted by Gasteiger charge is -2.21. The van der Waals surface area contributed by atoms with Gasteiger partial charge >= 0.3 is 0 Å². The van der Waals surface area contributed by atoms with E-state index in [9.17, 15) is 0 Å². The average molecular weight is 311 g/mol. The van der Waals surface area contributed by atoms with Gasteiger partial charge in [0.15, 0.2) is 11.4 Å². The topological polar surface area (TPSA) is 82.8 Å². The molecule has 4 rings (SSSR count). The van der Waals surface area contributed by atoms with Crippen molar-refractivity contribution in [1.82, 2.24) is 19.5 Å². The number of nitrogen functional groups attached to an aromatic ring is 1. The van der Waals surface area contributed by atoms with Gasteiger partial charge in [-0.05, 0) is 24.5 Å². The lowest BCUT2D eigenvalue weighted by molar-refractivity contribution is 0.325. The van der Waals surface area contributed by atoms with Gasteiger partial charge in [-0.2, -0.15) is 4.98 Å². The number of anilines is 1. The van der Waals surface area contributed by atoms with Gasteiger partial charge < -0.3 is 14.7 Å². The van der Waals surface area contributed by atoms with E-state index in [-0.39, 0.29) is 5.95 Å². The molecule has 6 heteroatoms. The third kappa shape index (κ3) is 2.81. The van der Waals surface area contributed by atoms with E-state index in [1.807, 2.05) is 18.5 Å². The number of nitrogens with zero attached hydrogens (tertiary/aromatic N) is 4. The minimum atomic E-state index is 0.253. The molecule has 1 aliphatic carbocycles. The third-order valence-corrected chi connectivity index (χ3v) is 4.74. The van der Waals surface area contributed by atoms with E-state index in [4.69, 9.17) is 10.2 Å². The standard InChI is InChI=1S/C17H21N5O/c18-17-20-14(13-7-4-10-23-13)15-16(21-17)22(11-19-15)9-8-12-5-2-1-3-6-12/h4,7,10-12H,1-3,5-6,8-9H2,(H2,18,20,21). The number of nitrogens with two attached hydrogens (primary N) is 1. The van der Waals surface area contributed by atoms with Crippen LogP contribution in [0.2, 0.25) is 0 Å². The summed E-state index contributed by atoms with van der Waals surface area (Å²) in [5, 5.41) is 0. The van der Waals surface area contributed by atoms with Crippen molar-refractivity contribution in [3.63, 3.8) is 0 Å². The van der Waals surface area contributed by atoms with Crippen LogP contribution in [0.1, 0.15) is 38.5 Å². The molecule has 0 aromatic carbocycles. The molecule has 0 aliphatic heterocycles. The molecule has 3 aromatic heterocycles. The Balaban J connectivity index is 1.63. The van der Waals surface area contributed by atoms with Crippen LogP contribution in [0.25, 0.3) is 22.6 Å². The van der Waals surface area contributed by atoms with Gasteiger partial charge in [-0.25, -0.2) is 9.97 Å². The van der Waals surface area contributed by atoms with Gasteiger partial charge in [0.05, 0.1) is 12.6 Å². The minimum Gasteiger partial charge on any atom is -0.463 e. The maximum Gasteiger partial charge on any atom is 0.222 e. The smallest absolute Gasteiger partial charge is 0.222 e. The molecule has 1 saturated carbocycles. The van der Waals surface area contributed by atoms with Crippen LogP contribution in [0, 0.1) is 5.92 Å². The Morgan fingerprint density at radius 1 is 1.22 bits per heavy atom. The highest BCUT2D eigenvalue weighted by Gasteiger charge is 2.17. The number of fused-ring (bicyclic) bond motifs is 1. The molecule has 6 nitrogen and oxygen atoms in total. The van der Waals surface area contributed by atoms with Gasteiger partial charge in [-0.15, -0.1) is 0 Å². The zero-order valence-electron chi connectivity index (χ0n) is 13.1. The molecule has 120 valence electrons. The Labute approximate surface area is 134 Å². The summed E-state index contributed by atoms with van der Waals surface area (Å²) in [6, 6.07) is 3.70. The second-order valence-electron chi connectivity index (χ2n) is 6.31. The summed E-state index contributed by atoms with van der Waals surface area (Å²) in [5.41, 5.74) is 8.09. The molecule has 0 amide bonds. The van der Waals surface area contributed by atoms with Gasteiger partial charge in [0.1, 0.15) is 11.2 Å². The highest BCUT2D eigenvalue weighted by molar-refractivity contribution is 5.86. The van der Waals surface area contributed by atoms with E-state index < -0.39 is 0 Å². The molecule has 0 atom stereocenters. The Hall–Kier alpha value is -2.37. The van der Waals surface area contributed by atoms with E-state index in [1.165, 1.54) is 38.5 Å². The quantitative estimate of drug-likeness (QED) is 0.795. The van der Waals surface area contributed by atoms with E-state index in [0.29, 0.717) is 11.5 Å². The number of imidazole rings is 1. The molecular weight excluding hydrogens is 290 g/mol. The first kappa shape index (κ1) is 14.2. The molecule has 2 N–H and O–H groups in total. The average Bonchev–Trinajstić information content (AvgIpc) is 3.23. The van der Waals surface area contributed by atoms with Gasteiger partial charge in [-0.3, -0.25) is 0 Å². The van der Waals surface area contributed by atoms with Gasteiger partial charge in [-0.1, -0.05) is 32.1 Å². The van der Waals surface area contributed by atoms with Gasteiger partial charge in [0.25, 0.3) is 0 Å². The van der Waals surface area contributed by atoms with E-state index in [2.05, 4.69) is 19.5 Å². The highest BCUT2D eigenvalue weighted by atomic mass is 16.3. The zero-order chi connectivity index (χ0) is 15.6. The number of furan rings is 1. The number of aryl methyl sites for hydroxylation is 1. The van der Waals surface area contributed by atoms with Crippen molar-refractivity contribution < 1.29 is 4.42 Å². The number of hydrogen-bond donors (Lipinski definition) is 1. The normalized spacial score (nSPS) is 16.2. The lowest BCUT2D eigenvalue weighted by atomic mass is 9.87. The van der Waals surface area contributed by atoms with E-state index in [1.54, 1.807) is 6.26 Å². The van der Waals surface area contributed by atoms with Crippen molar-refractivity contribution in [3.05, 3.63) is 24.7 Å². The van der Waals surface area contributed by atoms with Crippen molar-refractivity contribution in [1.29, 1.82) is 0 Å². The summed E-state index contributed by atoms with van der Waals surface area (Å²) < 4.78 is 7.54. The Morgan fingerprint density at radius 2 is 2.09 bits per heavy atom. The molecule has 0 radical (unpaired) electrons. The molecule has 1 fully saturated rings. The first-order chi connectivity index (χ1) is 11.3. The Kier molecular flexibility index (Phi) is 3.73. The van der Waals surface area contributed by atoms with E-state index >= 15 is 0 Å². The number of hydrogen-bond acceptors (Lipinski definition) is 5. The first-order valence-electron chi connectivity index (χ1n) is 8.33. The van der Waals surface area contributed by atoms with Crippen LogP contribution in [-0.2, 0) is 6.54 Å². The summed E-state index contributed by atoms with van der Waals surface area (Å²) in [5.74, 6) is 1.75. The second kappa shape index (κ2) is 6.02. The van der Waals surface area contributed by atoms with Crippen molar-refractivity contribution in [2.24, 2.45) is 5.92 Å². The highest BCUT2D eigenvalue weighted by Crippen LogP contribution is 2.29. The maximum atomic E-state index is 5.89. The molecular formula is C17H21N5O. The predicted molar refractivity (Wildman–Crippen MR) is 88.6 cm³/mol. The summed E-state index contributed by atoms with van der Waals surface area (Å²) in [4.78, 5) is 13.2. The van der Waals surface area contributed by atoms with Crippen LogP contribution in [0.5, 0.6) is 0 Å². The zero-order valence-corrected chi connectivity index (χ0v) is 13.1. The van der Waals surface area contributed by atoms with E-state index in [0.717, 1.165) is 23.6 Å². The molecule has 3 aromatic rings. The summed E-state index contributed by atoms with van der Waals surface area (Å²) in [7, 11) is 0. The largest absolute Gasteiger partial charge is 0.463 e. The summed E-state index contributed by atoms with van der Waals surface area (Å²) in [6.07, 6.45) is 11.5.